The van der Waals surface area contributed by atoms with Gasteiger partial charge in [0.15, 0.2) is 0 Å². The predicted octanol–water partition coefficient (Wildman–Crippen LogP) is 1.58. The molecular weight excluding hydrogens is 300 g/mol. The fourth-order valence-electron chi connectivity index (χ4n) is 2.16. The first-order valence-corrected chi connectivity index (χ1v) is 7.71. The maximum atomic E-state index is 12.0. The van der Waals surface area contributed by atoms with Crippen LogP contribution in [0.25, 0.3) is 0 Å². The van der Waals surface area contributed by atoms with Gasteiger partial charge in [0.1, 0.15) is 11.8 Å². The molecule has 1 aromatic rings. The third kappa shape index (κ3) is 6.14. The number of aliphatic carboxylic acids is 1. The van der Waals surface area contributed by atoms with E-state index in [9.17, 15) is 14.4 Å². The summed E-state index contributed by atoms with van der Waals surface area (Å²) in [6.45, 7) is 5.44. The van der Waals surface area contributed by atoms with E-state index in [1.807, 2.05) is 20.8 Å². The number of carbonyl (C=O) groups excluding carboxylic acids is 2. The molecule has 0 saturated carbocycles. The van der Waals surface area contributed by atoms with Gasteiger partial charge in [0.05, 0.1) is 18.4 Å². The number of aryl methyl sites for hydroxylation is 1. The largest absolute Gasteiger partial charge is 0.480 e. The van der Waals surface area contributed by atoms with E-state index < -0.39 is 23.8 Å². The molecule has 0 aromatic carbocycles. The minimum absolute atomic E-state index is 0.133. The first-order chi connectivity index (χ1) is 10.8. The van der Waals surface area contributed by atoms with Crippen molar-refractivity contribution in [2.45, 2.75) is 46.1 Å². The van der Waals surface area contributed by atoms with E-state index in [0.29, 0.717) is 24.2 Å². The van der Waals surface area contributed by atoms with Crippen molar-refractivity contribution in [3.8, 4) is 0 Å². The van der Waals surface area contributed by atoms with Gasteiger partial charge < -0.3 is 20.2 Å². The highest BCUT2D eigenvalue weighted by molar-refractivity contribution is 5.97. The Morgan fingerprint density at radius 3 is 2.57 bits per heavy atom. The van der Waals surface area contributed by atoms with Gasteiger partial charge in [-0.15, -0.1) is 0 Å². The van der Waals surface area contributed by atoms with Gasteiger partial charge in [0.2, 0.25) is 5.91 Å². The molecule has 1 aromatic heterocycles. The lowest BCUT2D eigenvalue weighted by Gasteiger charge is -2.16. The molecule has 2 amide bonds. The molecule has 0 aliphatic heterocycles. The molecule has 0 radical (unpaired) electrons. The normalized spacial score (nSPS) is 12.0. The molecule has 0 saturated heterocycles. The summed E-state index contributed by atoms with van der Waals surface area (Å²) in [6.07, 6.45) is 3.24. The zero-order valence-electron chi connectivity index (χ0n) is 13.7. The monoisotopic (exact) mass is 324 g/mol. The number of rotatable bonds is 9. The molecule has 0 bridgehead atoms. The number of carboxylic acid groups (broad SMARTS) is 1. The van der Waals surface area contributed by atoms with Crippen molar-refractivity contribution in [2.24, 2.45) is 5.92 Å². The maximum absolute atomic E-state index is 12.0. The van der Waals surface area contributed by atoms with Crippen LogP contribution in [0.5, 0.6) is 0 Å². The van der Waals surface area contributed by atoms with Gasteiger partial charge in [-0.3, -0.25) is 9.59 Å². The molecule has 0 fully saturated rings. The SMILES string of the molecule is CCCc1occc1C(=O)NCC(=O)N[C@@H](CC(C)C)C(=O)O. The molecule has 0 aliphatic carbocycles. The van der Waals surface area contributed by atoms with Gasteiger partial charge in [-0.25, -0.2) is 4.79 Å². The fourth-order valence-corrected chi connectivity index (χ4v) is 2.16. The number of carbonyl (C=O) groups is 3. The number of nitrogens with one attached hydrogen (secondary N) is 2. The lowest BCUT2D eigenvalue weighted by Crippen LogP contribution is -2.46. The molecule has 0 spiro atoms. The van der Waals surface area contributed by atoms with Crippen molar-refractivity contribution in [1.29, 1.82) is 0 Å². The maximum Gasteiger partial charge on any atom is 0.326 e. The Morgan fingerprint density at radius 1 is 1.30 bits per heavy atom. The van der Waals surface area contributed by atoms with Gasteiger partial charge >= 0.3 is 5.97 Å². The average molecular weight is 324 g/mol. The number of amides is 2. The molecule has 7 heteroatoms. The van der Waals surface area contributed by atoms with Crippen LogP contribution in [0.15, 0.2) is 16.7 Å². The standard InChI is InChI=1S/C16H24N2O5/c1-4-5-13-11(6-7-23-13)15(20)17-9-14(19)18-12(16(21)22)8-10(2)3/h6-7,10,12H,4-5,8-9H2,1-3H3,(H,17,20)(H,18,19)(H,21,22)/t12-/m0/s1. The van der Waals surface area contributed by atoms with Crippen LogP contribution in [0.1, 0.15) is 49.7 Å². The van der Waals surface area contributed by atoms with Gasteiger partial charge in [0.25, 0.3) is 5.91 Å². The van der Waals surface area contributed by atoms with Gasteiger partial charge in [0, 0.05) is 6.42 Å². The first kappa shape index (κ1) is 18.7. The summed E-state index contributed by atoms with van der Waals surface area (Å²) in [5.41, 5.74) is 0.400. The minimum atomic E-state index is -1.08. The Hall–Kier alpha value is -2.31. The molecule has 1 rings (SSSR count). The summed E-state index contributed by atoms with van der Waals surface area (Å²) in [6, 6.07) is 0.598. The van der Waals surface area contributed by atoms with E-state index in [4.69, 9.17) is 9.52 Å². The van der Waals surface area contributed by atoms with Crippen molar-refractivity contribution >= 4 is 17.8 Å². The quantitative estimate of drug-likeness (QED) is 0.639. The number of carboxylic acids is 1. The lowest BCUT2D eigenvalue weighted by atomic mass is 10.0. The van der Waals surface area contributed by atoms with Crippen molar-refractivity contribution in [2.75, 3.05) is 6.54 Å². The molecular formula is C16H24N2O5. The molecule has 23 heavy (non-hydrogen) atoms. The summed E-state index contributed by atoms with van der Waals surface area (Å²) < 4.78 is 5.23. The predicted molar refractivity (Wildman–Crippen MR) is 84.1 cm³/mol. The van der Waals surface area contributed by atoms with Crippen LogP contribution in [-0.4, -0.2) is 35.5 Å². The Bertz CT molecular complexity index is 550. The summed E-state index contributed by atoms with van der Waals surface area (Å²) in [5, 5.41) is 14.0. The zero-order valence-corrected chi connectivity index (χ0v) is 13.7. The summed E-state index contributed by atoms with van der Waals surface area (Å²) >= 11 is 0. The highest BCUT2D eigenvalue weighted by atomic mass is 16.4. The highest BCUT2D eigenvalue weighted by Gasteiger charge is 2.21. The minimum Gasteiger partial charge on any atom is -0.480 e. The topological polar surface area (TPSA) is 109 Å². The Labute approximate surface area is 135 Å². The average Bonchev–Trinajstić information content (AvgIpc) is 2.92. The second-order valence-corrected chi connectivity index (χ2v) is 5.78. The van der Waals surface area contributed by atoms with E-state index in [1.54, 1.807) is 6.07 Å². The highest BCUT2D eigenvalue weighted by Crippen LogP contribution is 2.12. The second-order valence-electron chi connectivity index (χ2n) is 5.78. The fraction of sp³-hybridized carbons (Fsp3) is 0.562. The molecule has 3 N–H and O–H groups in total. The zero-order chi connectivity index (χ0) is 17.4. The van der Waals surface area contributed by atoms with Crippen LogP contribution in [-0.2, 0) is 16.0 Å². The second kappa shape index (κ2) is 8.97. The smallest absolute Gasteiger partial charge is 0.326 e. The van der Waals surface area contributed by atoms with Crippen molar-refractivity contribution in [3.05, 3.63) is 23.7 Å². The van der Waals surface area contributed by atoms with Gasteiger partial charge in [-0.1, -0.05) is 20.8 Å². The third-order valence-corrected chi connectivity index (χ3v) is 3.22. The molecule has 0 unspecified atom stereocenters. The van der Waals surface area contributed by atoms with Gasteiger partial charge in [-0.2, -0.15) is 0 Å². The summed E-state index contributed by atoms with van der Waals surface area (Å²) in [5.74, 6) is -1.32. The lowest BCUT2D eigenvalue weighted by molar-refractivity contribution is -0.142. The Morgan fingerprint density at radius 2 is 2.00 bits per heavy atom. The van der Waals surface area contributed by atoms with Crippen LogP contribution >= 0.6 is 0 Å². The van der Waals surface area contributed by atoms with Crippen LogP contribution < -0.4 is 10.6 Å². The van der Waals surface area contributed by atoms with Crippen molar-refractivity contribution in [3.63, 3.8) is 0 Å². The summed E-state index contributed by atoms with van der Waals surface area (Å²) in [7, 11) is 0. The van der Waals surface area contributed by atoms with E-state index in [0.717, 1.165) is 6.42 Å². The third-order valence-electron chi connectivity index (χ3n) is 3.22. The van der Waals surface area contributed by atoms with E-state index in [-0.39, 0.29) is 12.5 Å². The van der Waals surface area contributed by atoms with Gasteiger partial charge in [-0.05, 0) is 24.8 Å². The molecule has 0 aliphatic rings. The first-order valence-electron chi connectivity index (χ1n) is 7.71. The van der Waals surface area contributed by atoms with Crippen molar-refractivity contribution < 1.29 is 23.9 Å². The van der Waals surface area contributed by atoms with Crippen LogP contribution in [0.4, 0.5) is 0 Å². The number of hydrogen-bond acceptors (Lipinski definition) is 4. The van der Waals surface area contributed by atoms with E-state index in [2.05, 4.69) is 10.6 Å². The van der Waals surface area contributed by atoms with E-state index in [1.165, 1.54) is 6.26 Å². The number of hydrogen-bond donors (Lipinski definition) is 3. The van der Waals surface area contributed by atoms with E-state index >= 15 is 0 Å². The molecule has 1 atom stereocenters. The van der Waals surface area contributed by atoms with Crippen molar-refractivity contribution in [1.82, 2.24) is 10.6 Å². The molecule has 128 valence electrons. The summed E-state index contributed by atoms with van der Waals surface area (Å²) in [4.78, 5) is 34.9. The Kier molecular flexibility index (Phi) is 7.31. The van der Waals surface area contributed by atoms with Crippen LogP contribution in [0.3, 0.4) is 0 Å². The number of furan rings is 1. The van der Waals surface area contributed by atoms with Crippen LogP contribution in [0, 0.1) is 5.92 Å². The Balaban J connectivity index is 2.53. The van der Waals surface area contributed by atoms with Crippen LogP contribution in [0.2, 0.25) is 0 Å². The molecule has 7 nitrogen and oxygen atoms in total. The molecule has 1 heterocycles.